The molecule has 2 aromatic rings. The molecule has 1 saturated heterocycles. The minimum absolute atomic E-state index is 0.0591. The fraction of sp³-hybridized carbons (Fsp3) is 0.484. The molecule has 1 heterocycles. The van der Waals surface area contributed by atoms with Crippen LogP contribution in [0.4, 0.5) is 0 Å². The van der Waals surface area contributed by atoms with E-state index in [9.17, 15) is 19.2 Å². The van der Waals surface area contributed by atoms with Crippen LogP contribution in [0.5, 0.6) is 0 Å². The van der Waals surface area contributed by atoms with Crippen molar-refractivity contribution >= 4 is 23.8 Å². The lowest BCUT2D eigenvalue weighted by Crippen LogP contribution is -2.54. The van der Waals surface area contributed by atoms with Crippen LogP contribution in [0.2, 0.25) is 0 Å². The second kappa shape index (κ2) is 14.2. The highest BCUT2D eigenvalue weighted by Crippen LogP contribution is 2.43. The first-order valence-electron chi connectivity index (χ1n) is 13.8. The Morgan fingerprint density at radius 3 is 1.32 bits per heavy atom. The molecule has 0 spiro atoms. The lowest BCUT2D eigenvalue weighted by Gasteiger charge is -2.29. The smallest absolute Gasteiger partial charge is 0.328 e. The maximum atomic E-state index is 13.8. The molecule has 41 heavy (non-hydrogen) atoms. The molecular formula is C31H40N2O8. The Balaban J connectivity index is 2.06. The molecule has 1 aliphatic rings. The van der Waals surface area contributed by atoms with E-state index < -0.39 is 53.8 Å². The van der Waals surface area contributed by atoms with Gasteiger partial charge in [0.05, 0.1) is 14.2 Å². The summed E-state index contributed by atoms with van der Waals surface area (Å²) < 4.78 is 22.6. The number of esters is 2. The van der Waals surface area contributed by atoms with E-state index in [1.807, 2.05) is 39.8 Å². The van der Waals surface area contributed by atoms with Crippen molar-refractivity contribution in [2.75, 3.05) is 14.2 Å². The summed E-state index contributed by atoms with van der Waals surface area (Å²) in [6, 6.07) is 16.0. The van der Waals surface area contributed by atoms with Crippen LogP contribution in [0, 0.1) is 11.8 Å². The fourth-order valence-electron chi connectivity index (χ4n) is 4.81. The molecule has 4 atom stereocenters. The molecule has 0 saturated carbocycles. The van der Waals surface area contributed by atoms with Gasteiger partial charge in [0.2, 0.25) is 5.79 Å². The highest BCUT2D eigenvalue weighted by molar-refractivity contribution is 5.95. The lowest BCUT2D eigenvalue weighted by atomic mass is 9.97. The summed E-state index contributed by atoms with van der Waals surface area (Å²) in [5.74, 6) is -4.21. The van der Waals surface area contributed by atoms with Crippen molar-refractivity contribution in [1.82, 2.24) is 10.6 Å². The van der Waals surface area contributed by atoms with Gasteiger partial charge in [0, 0.05) is 11.1 Å². The van der Waals surface area contributed by atoms with Crippen molar-refractivity contribution in [2.24, 2.45) is 11.8 Å². The van der Waals surface area contributed by atoms with E-state index in [2.05, 4.69) is 10.6 Å². The third-order valence-corrected chi connectivity index (χ3v) is 6.70. The van der Waals surface area contributed by atoms with E-state index in [0.29, 0.717) is 24.0 Å². The topological polar surface area (TPSA) is 129 Å². The molecule has 0 radical (unpaired) electrons. The molecule has 0 aliphatic carbocycles. The van der Waals surface area contributed by atoms with Gasteiger partial charge in [0.1, 0.15) is 12.1 Å². The quantitative estimate of drug-likeness (QED) is 0.374. The van der Waals surface area contributed by atoms with E-state index >= 15 is 0 Å². The van der Waals surface area contributed by atoms with Crippen LogP contribution >= 0.6 is 0 Å². The van der Waals surface area contributed by atoms with Gasteiger partial charge >= 0.3 is 11.9 Å². The molecule has 0 unspecified atom stereocenters. The summed E-state index contributed by atoms with van der Waals surface area (Å²) in [6.07, 6.45) is -2.34. The molecular weight excluding hydrogens is 528 g/mol. The first-order valence-corrected chi connectivity index (χ1v) is 13.8. The Morgan fingerprint density at radius 2 is 1.02 bits per heavy atom. The minimum atomic E-state index is -1.63. The maximum absolute atomic E-state index is 13.8. The second-order valence-electron chi connectivity index (χ2n) is 10.9. The van der Waals surface area contributed by atoms with Crippen LogP contribution in [-0.4, -0.2) is 62.3 Å². The van der Waals surface area contributed by atoms with E-state index in [1.165, 1.54) is 14.2 Å². The number of benzene rings is 2. The Hall–Kier alpha value is -3.76. The van der Waals surface area contributed by atoms with Gasteiger partial charge in [0.25, 0.3) is 11.8 Å². The number of ether oxygens (including phenoxy) is 4. The highest BCUT2D eigenvalue weighted by atomic mass is 16.8. The van der Waals surface area contributed by atoms with Gasteiger partial charge in [0.15, 0.2) is 12.2 Å². The van der Waals surface area contributed by atoms with Gasteiger partial charge < -0.3 is 29.6 Å². The van der Waals surface area contributed by atoms with Crippen molar-refractivity contribution in [2.45, 2.75) is 70.6 Å². The van der Waals surface area contributed by atoms with Gasteiger partial charge in [-0.25, -0.2) is 9.59 Å². The Labute approximate surface area is 241 Å². The van der Waals surface area contributed by atoms with Crippen LogP contribution in [0.25, 0.3) is 0 Å². The van der Waals surface area contributed by atoms with Crippen LogP contribution in [0.1, 0.15) is 51.7 Å². The number of hydrogen-bond acceptors (Lipinski definition) is 8. The molecule has 0 aromatic heterocycles. The van der Waals surface area contributed by atoms with Gasteiger partial charge in [-0.2, -0.15) is 0 Å². The summed E-state index contributed by atoms with van der Waals surface area (Å²) in [5, 5.41) is 5.39. The van der Waals surface area contributed by atoms with Gasteiger partial charge in [-0.1, -0.05) is 88.4 Å². The monoisotopic (exact) mass is 568 g/mol. The number of nitrogens with one attached hydrogen (secondary N) is 2. The number of carbonyl (C=O) groups excluding carboxylic acids is 4. The normalized spacial score (nSPS) is 19.3. The standard InChI is InChI=1S/C31H40N2O8/c1-19(2)17-23(29(36)38-5)32-27(34)25-26(28(35)33-24(18-20(3)4)30(37)39-6)41-31(40-25,21-13-9-7-10-14-21)22-15-11-8-12-16-22/h7-16,19-20,23-26H,17-18H2,1-6H3,(H,32,34)(H,33,35)/t23-,24-,25+,26+/m0/s1. The third-order valence-electron chi connectivity index (χ3n) is 6.70. The Morgan fingerprint density at radius 1 is 0.683 bits per heavy atom. The summed E-state index contributed by atoms with van der Waals surface area (Å²) in [6.45, 7) is 7.63. The number of amides is 2. The number of hydrogen-bond donors (Lipinski definition) is 2. The van der Waals surface area contributed by atoms with E-state index in [-0.39, 0.29) is 11.8 Å². The van der Waals surface area contributed by atoms with Crippen LogP contribution in [0.3, 0.4) is 0 Å². The van der Waals surface area contributed by atoms with Crippen LogP contribution in [0.15, 0.2) is 60.7 Å². The Kier molecular flexibility index (Phi) is 11.0. The molecule has 2 aromatic carbocycles. The first kappa shape index (κ1) is 31.8. The van der Waals surface area contributed by atoms with Crippen molar-refractivity contribution in [3.63, 3.8) is 0 Å². The summed E-state index contributed by atoms with van der Waals surface area (Å²) in [4.78, 5) is 52.6. The molecule has 1 fully saturated rings. The third kappa shape index (κ3) is 7.71. The van der Waals surface area contributed by atoms with Crippen LogP contribution < -0.4 is 10.6 Å². The van der Waals surface area contributed by atoms with Gasteiger partial charge in [-0.15, -0.1) is 0 Å². The van der Waals surface area contributed by atoms with Crippen molar-refractivity contribution in [3.8, 4) is 0 Å². The molecule has 2 amide bonds. The van der Waals surface area contributed by atoms with Gasteiger partial charge in [-0.3, -0.25) is 9.59 Å². The average Bonchev–Trinajstić information content (AvgIpc) is 3.38. The van der Waals surface area contributed by atoms with Gasteiger partial charge in [-0.05, 0) is 24.7 Å². The molecule has 10 nitrogen and oxygen atoms in total. The SMILES string of the molecule is COC(=O)[C@H](CC(C)C)NC(=O)[C@@H]1OC(c2ccccc2)(c2ccccc2)O[C@H]1C(=O)N[C@@H](CC(C)C)C(=O)OC. The van der Waals surface area contributed by atoms with E-state index in [4.69, 9.17) is 18.9 Å². The molecule has 10 heteroatoms. The second-order valence-corrected chi connectivity index (χ2v) is 10.9. The zero-order valence-corrected chi connectivity index (χ0v) is 24.4. The van der Waals surface area contributed by atoms with Crippen LogP contribution in [-0.2, 0) is 43.9 Å². The van der Waals surface area contributed by atoms with Crippen molar-refractivity contribution in [3.05, 3.63) is 71.8 Å². The predicted molar refractivity (Wildman–Crippen MR) is 150 cm³/mol. The minimum Gasteiger partial charge on any atom is -0.467 e. The maximum Gasteiger partial charge on any atom is 0.328 e. The molecule has 0 bridgehead atoms. The predicted octanol–water partition coefficient (Wildman–Crippen LogP) is 3.08. The molecule has 2 N–H and O–H groups in total. The molecule has 1 aliphatic heterocycles. The summed E-state index contributed by atoms with van der Waals surface area (Å²) in [7, 11) is 2.48. The fourth-order valence-corrected chi connectivity index (χ4v) is 4.81. The Bertz CT molecular complexity index is 1090. The molecule has 222 valence electrons. The number of carbonyl (C=O) groups is 4. The number of rotatable bonds is 12. The summed E-state index contributed by atoms with van der Waals surface area (Å²) in [5.41, 5.74) is 1.11. The zero-order chi connectivity index (χ0) is 30.2. The van der Waals surface area contributed by atoms with Crippen molar-refractivity contribution in [1.29, 1.82) is 0 Å². The largest absolute Gasteiger partial charge is 0.467 e. The average molecular weight is 569 g/mol. The highest BCUT2D eigenvalue weighted by Gasteiger charge is 2.56. The summed E-state index contributed by atoms with van der Waals surface area (Å²) >= 11 is 0. The van der Waals surface area contributed by atoms with Crippen molar-refractivity contribution < 1.29 is 38.1 Å². The first-order chi connectivity index (χ1) is 19.5. The molecule has 3 rings (SSSR count). The van der Waals surface area contributed by atoms with E-state index in [1.54, 1.807) is 48.5 Å². The number of methoxy groups -OCH3 is 2. The zero-order valence-electron chi connectivity index (χ0n) is 24.4. The van der Waals surface area contributed by atoms with E-state index in [0.717, 1.165) is 0 Å². The lowest BCUT2D eigenvalue weighted by molar-refractivity contribution is -0.164.